The van der Waals surface area contributed by atoms with Crippen LogP contribution in [0, 0.1) is 0 Å². The number of rotatable bonds is 3. The fourth-order valence-corrected chi connectivity index (χ4v) is 4.48. The van der Waals surface area contributed by atoms with Gasteiger partial charge in [0.05, 0.1) is 10.9 Å². The molecular weight excluding hydrogens is 284 g/mol. The zero-order valence-corrected chi connectivity index (χ0v) is 12.4. The van der Waals surface area contributed by atoms with Gasteiger partial charge < -0.3 is 9.64 Å². The molecule has 0 aliphatic carbocycles. The number of nitrogens with zero attached hydrogens (tertiary/aromatic N) is 4. The van der Waals surface area contributed by atoms with Crippen LogP contribution < -0.4 is 9.64 Å². The first kappa shape index (κ1) is 12.9. The van der Waals surface area contributed by atoms with Crippen LogP contribution in [0.2, 0.25) is 0 Å². The Hall–Kier alpha value is -1.82. The third kappa shape index (κ3) is 2.55. The van der Waals surface area contributed by atoms with Crippen LogP contribution in [0.25, 0.3) is 0 Å². The first-order chi connectivity index (χ1) is 10.3. The lowest BCUT2D eigenvalue weighted by molar-refractivity contribution is 0.201. The normalized spacial score (nSPS) is 23.0. The molecule has 2 aliphatic heterocycles. The van der Waals surface area contributed by atoms with Crippen LogP contribution in [0.15, 0.2) is 43.0 Å². The van der Waals surface area contributed by atoms with Crippen LogP contribution in [0.5, 0.6) is 5.75 Å². The van der Waals surface area contributed by atoms with Crippen molar-refractivity contribution in [3.05, 3.63) is 43.0 Å². The van der Waals surface area contributed by atoms with Crippen molar-refractivity contribution in [2.45, 2.75) is 17.3 Å². The summed E-state index contributed by atoms with van der Waals surface area (Å²) in [4.78, 5) is 14.9. The van der Waals surface area contributed by atoms with Gasteiger partial charge in [0.15, 0.2) is 0 Å². The Morgan fingerprint density at radius 2 is 2.05 bits per heavy atom. The summed E-state index contributed by atoms with van der Waals surface area (Å²) in [6, 6.07) is 5.72. The van der Waals surface area contributed by atoms with Gasteiger partial charge in [0.25, 0.3) is 0 Å². The van der Waals surface area contributed by atoms with Gasteiger partial charge in [-0.1, -0.05) is 0 Å². The van der Waals surface area contributed by atoms with E-state index in [9.17, 15) is 0 Å². The Kier molecular flexibility index (Phi) is 3.18. The predicted molar refractivity (Wildman–Crippen MR) is 82.7 cm³/mol. The maximum Gasteiger partial charge on any atom is 0.225 e. The standard InChI is InChI=1S/C15H16N4OS/c1-3-12(8-16-4-1)20-13-7-15(21-9-13)10-19(11-15)14-17-5-2-6-18-14/h1-6,8,13H,7,9-11H2. The molecule has 21 heavy (non-hydrogen) atoms. The van der Waals surface area contributed by atoms with Gasteiger partial charge in [0, 0.05) is 43.9 Å². The van der Waals surface area contributed by atoms with Gasteiger partial charge in [0.2, 0.25) is 5.95 Å². The third-order valence-electron chi connectivity index (χ3n) is 3.91. The van der Waals surface area contributed by atoms with Gasteiger partial charge in [-0.2, -0.15) is 0 Å². The summed E-state index contributed by atoms with van der Waals surface area (Å²) in [5.41, 5.74) is 0. The van der Waals surface area contributed by atoms with Crippen LogP contribution in [-0.2, 0) is 0 Å². The summed E-state index contributed by atoms with van der Waals surface area (Å²) in [6.07, 6.45) is 8.49. The molecule has 108 valence electrons. The van der Waals surface area contributed by atoms with E-state index in [0.717, 1.165) is 37.0 Å². The monoisotopic (exact) mass is 300 g/mol. The summed E-state index contributed by atoms with van der Waals surface area (Å²) in [7, 11) is 0. The predicted octanol–water partition coefficient (Wildman–Crippen LogP) is 2.01. The molecule has 5 nitrogen and oxygen atoms in total. The van der Waals surface area contributed by atoms with Crippen LogP contribution in [-0.4, -0.2) is 44.6 Å². The number of hydrogen-bond donors (Lipinski definition) is 0. The fourth-order valence-electron chi connectivity index (χ4n) is 2.95. The molecule has 0 aromatic carbocycles. The lowest BCUT2D eigenvalue weighted by atomic mass is 9.93. The molecule has 2 fully saturated rings. The van der Waals surface area contributed by atoms with Gasteiger partial charge >= 0.3 is 0 Å². The Balaban J connectivity index is 1.35. The average Bonchev–Trinajstić information content (AvgIpc) is 2.92. The van der Waals surface area contributed by atoms with E-state index in [0.29, 0.717) is 4.75 Å². The largest absolute Gasteiger partial charge is 0.488 e. The highest BCUT2D eigenvalue weighted by molar-refractivity contribution is 8.01. The van der Waals surface area contributed by atoms with Crippen LogP contribution in [0.4, 0.5) is 5.95 Å². The molecule has 6 heteroatoms. The average molecular weight is 300 g/mol. The SMILES string of the molecule is c1cnc(N2CC3(CC(Oc4cccnc4)CS3)C2)nc1. The number of pyridine rings is 1. The zero-order valence-electron chi connectivity index (χ0n) is 11.6. The molecule has 0 radical (unpaired) electrons. The van der Waals surface area contributed by atoms with Crippen molar-refractivity contribution in [1.29, 1.82) is 0 Å². The molecule has 0 bridgehead atoms. The molecule has 0 N–H and O–H groups in total. The minimum atomic E-state index is 0.276. The number of ether oxygens (including phenoxy) is 1. The molecule has 1 atom stereocenters. The molecule has 0 saturated carbocycles. The molecule has 1 spiro atoms. The highest BCUT2D eigenvalue weighted by atomic mass is 32.2. The van der Waals surface area contributed by atoms with Crippen molar-refractivity contribution in [1.82, 2.24) is 15.0 Å². The summed E-state index contributed by atoms with van der Waals surface area (Å²) >= 11 is 2.01. The highest BCUT2D eigenvalue weighted by Crippen LogP contribution is 2.46. The molecule has 2 aliphatic rings. The summed E-state index contributed by atoms with van der Waals surface area (Å²) in [5, 5.41) is 0. The number of thioether (sulfide) groups is 1. The molecule has 4 rings (SSSR count). The van der Waals surface area contributed by atoms with E-state index in [4.69, 9.17) is 4.74 Å². The van der Waals surface area contributed by atoms with Gasteiger partial charge in [-0.3, -0.25) is 4.98 Å². The molecule has 1 unspecified atom stereocenters. The van der Waals surface area contributed by atoms with E-state index in [1.165, 1.54) is 0 Å². The third-order valence-corrected chi connectivity index (χ3v) is 5.48. The van der Waals surface area contributed by atoms with Crippen molar-refractivity contribution in [2.24, 2.45) is 0 Å². The van der Waals surface area contributed by atoms with Crippen LogP contribution >= 0.6 is 11.8 Å². The van der Waals surface area contributed by atoms with Crippen molar-refractivity contribution in [3.63, 3.8) is 0 Å². The smallest absolute Gasteiger partial charge is 0.225 e. The van der Waals surface area contributed by atoms with E-state index in [1.54, 1.807) is 24.8 Å². The summed E-state index contributed by atoms with van der Waals surface area (Å²) in [6.45, 7) is 2.02. The lowest BCUT2D eigenvalue weighted by Crippen LogP contribution is -2.59. The zero-order chi connectivity index (χ0) is 14.1. The van der Waals surface area contributed by atoms with Gasteiger partial charge in [-0.05, 0) is 18.2 Å². The van der Waals surface area contributed by atoms with Crippen molar-refractivity contribution in [2.75, 3.05) is 23.7 Å². The fraction of sp³-hybridized carbons (Fsp3) is 0.400. The second-order valence-corrected chi connectivity index (χ2v) is 7.02. The quantitative estimate of drug-likeness (QED) is 0.864. The first-order valence-electron chi connectivity index (χ1n) is 7.06. The molecular formula is C15H16N4OS. The highest BCUT2D eigenvalue weighted by Gasteiger charge is 2.50. The molecule has 2 aromatic rings. The number of anilines is 1. The van der Waals surface area contributed by atoms with Crippen molar-refractivity contribution >= 4 is 17.7 Å². The van der Waals surface area contributed by atoms with Crippen LogP contribution in [0.3, 0.4) is 0 Å². The Morgan fingerprint density at radius 1 is 1.19 bits per heavy atom. The lowest BCUT2D eigenvalue weighted by Gasteiger charge is -2.47. The summed E-state index contributed by atoms with van der Waals surface area (Å²) in [5.74, 6) is 2.74. The van der Waals surface area contributed by atoms with E-state index >= 15 is 0 Å². The Morgan fingerprint density at radius 3 is 2.81 bits per heavy atom. The molecule has 2 aromatic heterocycles. The van der Waals surface area contributed by atoms with Crippen molar-refractivity contribution in [3.8, 4) is 5.75 Å². The van der Waals surface area contributed by atoms with Crippen LogP contribution in [0.1, 0.15) is 6.42 Å². The topological polar surface area (TPSA) is 51.1 Å². The number of aromatic nitrogens is 3. The Labute approximate surface area is 127 Å². The first-order valence-corrected chi connectivity index (χ1v) is 8.04. The molecule has 2 saturated heterocycles. The van der Waals surface area contributed by atoms with Gasteiger partial charge in [-0.25, -0.2) is 9.97 Å². The van der Waals surface area contributed by atoms with E-state index < -0.39 is 0 Å². The maximum atomic E-state index is 6.01. The second-order valence-electron chi connectivity index (χ2n) is 5.53. The van der Waals surface area contributed by atoms with Crippen molar-refractivity contribution < 1.29 is 4.74 Å². The number of hydrogen-bond acceptors (Lipinski definition) is 6. The second kappa shape index (κ2) is 5.18. The van der Waals surface area contributed by atoms with Gasteiger partial charge in [-0.15, -0.1) is 11.8 Å². The van der Waals surface area contributed by atoms with Gasteiger partial charge in [0.1, 0.15) is 11.9 Å². The minimum Gasteiger partial charge on any atom is -0.488 e. The molecule has 4 heterocycles. The minimum absolute atomic E-state index is 0.276. The summed E-state index contributed by atoms with van der Waals surface area (Å²) < 4.78 is 6.33. The van der Waals surface area contributed by atoms with E-state index in [-0.39, 0.29) is 6.10 Å². The van der Waals surface area contributed by atoms with E-state index in [1.807, 2.05) is 30.0 Å². The maximum absolute atomic E-state index is 6.01. The molecule has 0 amide bonds. The Bertz CT molecular complexity index is 604. The van der Waals surface area contributed by atoms with E-state index in [2.05, 4.69) is 19.9 Å².